The average molecular weight is 486 g/mol. The SMILES string of the molecule is C/C=C\C(=C/C)c1nc(CCOc2cc3c(c(-c4ccc(CC)cc4)c2)C(CC(=O)O)CC3)c(C)o1. The molecule has 1 heterocycles. The third-order valence-electron chi connectivity index (χ3n) is 6.91. The lowest BCUT2D eigenvalue weighted by molar-refractivity contribution is -0.137. The van der Waals surface area contributed by atoms with Crippen molar-refractivity contribution < 1.29 is 19.1 Å². The van der Waals surface area contributed by atoms with E-state index in [1.54, 1.807) is 0 Å². The summed E-state index contributed by atoms with van der Waals surface area (Å²) in [4.78, 5) is 16.2. The zero-order valence-electron chi connectivity index (χ0n) is 21.6. The minimum Gasteiger partial charge on any atom is -0.493 e. The van der Waals surface area contributed by atoms with E-state index in [0.717, 1.165) is 58.7 Å². The third kappa shape index (κ3) is 5.62. The number of hydrogen-bond donors (Lipinski definition) is 1. The first kappa shape index (κ1) is 25.5. The van der Waals surface area contributed by atoms with Crippen LogP contribution in [0.3, 0.4) is 0 Å². The van der Waals surface area contributed by atoms with Crippen LogP contribution in [0.1, 0.15) is 73.6 Å². The number of allylic oxidation sites excluding steroid dienone is 4. The minimum atomic E-state index is -0.752. The second-order valence-electron chi connectivity index (χ2n) is 9.29. The standard InChI is InChI=1S/C31H35NO4/c1-5-8-22(7-3)31-32-28(20(4)36-31)15-16-35-26-17-24-13-14-25(18-29(33)34)30(24)27(19-26)23-11-9-21(6-2)10-12-23/h5,7-12,17,19,25H,6,13-16,18H2,1-4H3,(H,33,34)/b8-5-,22-7+. The number of benzene rings is 2. The summed E-state index contributed by atoms with van der Waals surface area (Å²) < 4.78 is 12.1. The lowest BCUT2D eigenvalue weighted by atomic mass is 9.89. The molecule has 0 amide bonds. The largest absolute Gasteiger partial charge is 0.493 e. The Morgan fingerprint density at radius 3 is 2.67 bits per heavy atom. The molecule has 0 aliphatic heterocycles. The number of aryl methyl sites for hydroxylation is 3. The summed E-state index contributed by atoms with van der Waals surface area (Å²) in [7, 11) is 0. The summed E-state index contributed by atoms with van der Waals surface area (Å²) in [6.45, 7) is 8.50. The fourth-order valence-corrected chi connectivity index (χ4v) is 5.02. The van der Waals surface area contributed by atoms with E-state index in [-0.39, 0.29) is 12.3 Å². The first-order chi connectivity index (χ1) is 17.4. The molecule has 1 aliphatic rings. The Kier molecular flexibility index (Phi) is 8.09. The molecule has 0 spiro atoms. The van der Waals surface area contributed by atoms with Gasteiger partial charge in [0, 0.05) is 12.0 Å². The van der Waals surface area contributed by atoms with E-state index in [0.29, 0.717) is 18.9 Å². The Morgan fingerprint density at radius 2 is 2.00 bits per heavy atom. The number of carbonyl (C=O) groups is 1. The summed E-state index contributed by atoms with van der Waals surface area (Å²) in [6, 6.07) is 12.7. The summed E-state index contributed by atoms with van der Waals surface area (Å²) in [5, 5.41) is 9.47. The van der Waals surface area contributed by atoms with Crippen LogP contribution in [-0.2, 0) is 24.1 Å². The number of ether oxygens (including phenoxy) is 1. The fourth-order valence-electron chi connectivity index (χ4n) is 5.02. The predicted octanol–water partition coefficient (Wildman–Crippen LogP) is 7.32. The van der Waals surface area contributed by atoms with Gasteiger partial charge in [-0.25, -0.2) is 4.98 Å². The second-order valence-corrected chi connectivity index (χ2v) is 9.29. The maximum Gasteiger partial charge on any atom is 0.303 e. The molecule has 5 nitrogen and oxygen atoms in total. The highest BCUT2D eigenvalue weighted by Gasteiger charge is 2.29. The monoisotopic (exact) mass is 485 g/mol. The predicted molar refractivity (Wildman–Crippen MR) is 143 cm³/mol. The van der Waals surface area contributed by atoms with E-state index in [4.69, 9.17) is 9.15 Å². The van der Waals surface area contributed by atoms with Gasteiger partial charge in [-0.1, -0.05) is 49.4 Å². The molecule has 1 aliphatic carbocycles. The topological polar surface area (TPSA) is 72.6 Å². The van der Waals surface area contributed by atoms with E-state index in [1.807, 2.05) is 39.0 Å². The number of aromatic nitrogens is 1. The Balaban J connectivity index is 1.57. The number of fused-ring (bicyclic) bond motifs is 1. The molecular weight excluding hydrogens is 450 g/mol. The summed E-state index contributed by atoms with van der Waals surface area (Å²) in [5.41, 5.74) is 7.67. The lowest BCUT2D eigenvalue weighted by Gasteiger charge is -2.17. The van der Waals surface area contributed by atoms with Crippen LogP contribution < -0.4 is 4.74 Å². The number of aliphatic carboxylic acids is 1. The second kappa shape index (κ2) is 11.4. The number of hydrogen-bond acceptors (Lipinski definition) is 4. The molecule has 3 aromatic rings. The van der Waals surface area contributed by atoms with E-state index >= 15 is 0 Å². The van der Waals surface area contributed by atoms with Crippen LogP contribution >= 0.6 is 0 Å². The normalized spacial score (nSPS) is 15.4. The number of nitrogens with zero attached hydrogens (tertiary/aromatic N) is 1. The summed E-state index contributed by atoms with van der Waals surface area (Å²) in [6.07, 6.45) is 9.45. The molecule has 0 fully saturated rings. The van der Waals surface area contributed by atoms with Crippen LogP contribution in [-0.4, -0.2) is 22.7 Å². The van der Waals surface area contributed by atoms with Crippen molar-refractivity contribution in [1.29, 1.82) is 0 Å². The van der Waals surface area contributed by atoms with Crippen LogP contribution in [0, 0.1) is 6.92 Å². The fraction of sp³-hybridized carbons (Fsp3) is 0.355. The van der Waals surface area contributed by atoms with Crippen molar-refractivity contribution in [3.63, 3.8) is 0 Å². The van der Waals surface area contributed by atoms with E-state index in [1.165, 1.54) is 11.1 Å². The Hall–Kier alpha value is -3.60. The number of rotatable bonds is 10. The number of carboxylic acids is 1. The van der Waals surface area contributed by atoms with Gasteiger partial charge in [0.05, 0.1) is 18.7 Å². The molecule has 4 rings (SSSR count). The van der Waals surface area contributed by atoms with Crippen molar-refractivity contribution in [2.75, 3.05) is 6.61 Å². The molecule has 188 valence electrons. The molecule has 1 N–H and O–H groups in total. The zero-order chi connectivity index (χ0) is 25.7. The van der Waals surface area contributed by atoms with Gasteiger partial charge in [-0.15, -0.1) is 0 Å². The lowest BCUT2D eigenvalue weighted by Crippen LogP contribution is -2.06. The summed E-state index contributed by atoms with van der Waals surface area (Å²) >= 11 is 0. The van der Waals surface area contributed by atoms with Crippen LogP contribution in [0.4, 0.5) is 0 Å². The third-order valence-corrected chi connectivity index (χ3v) is 6.91. The molecule has 0 radical (unpaired) electrons. The maximum atomic E-state index is 11.5. The van der Waals surface area contributed by atoms with Gasteiger partial charge in [-0.05, 0) is 85.9 Å². The molecule has 2 aromatic carbocycles. The molecule has 1 atom stereocenters. The van der Waals surface area contributed by atoms with Gasteiger partial charge >= 0.3 is 5.97 Å². The molecule has 5 heteroatoms. The minimum absolute atomic E-state index is 0.0292. The molecule has 36 heavy (non-hydrogen) atoms. The highest BCUT2D eigenvalue weighted by molar-refractivity contribution is 5.75. The zero-order valence-corrected chi connectivity index (χ0v) is 21.6. The highest BCUT2D eigenvalue weighted by Crippen LogP contribution is 2.44. The molecule has 0 saturated carbocycles. The first-order valence-corrected chi connectivity index (χ1v) is 12.8. The molecule has 1 unspecified atom stereocenters. The van der Waals surface area contributed by atoms with E-state index in [2.05, 4.69) is 48.3 Å². The van der Waals surface area contributed by atoms with Crippen LogP contribution in [0.25, 0.3) is 16.7 Å². The highest BCUT2D eigenvalue weighted by atomic mass is 16.5. The van der Waals surface area contributed by atoms with Gasteiger partial charge in [0.15, 0.2) is 0 Å². The molecule has 0 saturated heterocycles. The smallest absolute Gasteiger partial charge is 0.303 e. The van der Waals surface area contributed by atoms with Crippen LogP contribution in [0.15, 0.2) is 59.0 Å². The van der Waals surface area contributed by atoms with Gasteiger partial charge in [0.2, 0.25) is 5.89 Å². The van der Waals surface area contributed by atoms with Gasteiger partial charge in [-0.3, -0.25) is 4.79 Å². The first-order valence-electron chi connectivity index (χ1n) is 12.8. The van der Waals surface area contributed by atoms with Crippen molar-refractivity contribution in [2.45, 2.75) is 65.7 Å². The van der Waals surface area contributed by atoms with Crippen molar-refractivity contribution in [1.82, 2.24) is 4.98 Å². The Bertz CT molecular complexity index is 1280. The Labute approximate surface area is 213 Å². The van der Waals surface area contributed by atoms with Gasteiger partial charge < -0.3 is 14.3 Å². The van der Waals surface area contributed by atoms with E-state index in [9.17, 15) is 9.90 Å². The number of oxazole rings is 1. The van der Waals surface area contributed by atoms with Gasteiger partial charge in [0.1, 0.15) is 11.5 Å². The van der Waals surface area contributed by atoms with Crippen LogP contribution in [0.5, 0.6) is 5.75 Å². The number of carboxylic acid groups (broad SMARTS) is 1. The van der Waals surface area contributed by atoms with Crippen molar-refractivity contribution >= 4 is 11.5 Å². The quantitative estimate of drug-likeness (QED) is 0.305. The van der Waals surface area contributed by atoms with Crippen LogP contribution in [0.2, 0.25) is 0 Å². The molecule has 0 bridgehead atoms. The summed E-state index contributed by atoms with van der Waals surface area (Å²) in [5.74, 6) is 1.52. The van der Waals surface area contributed by atoms with Gasteiger partial charge in [0.25, 0.3) is 0 Å². The van der Waals surface area contributed by atoms with Gasteiger partial charge in [-0.2, -0.15) is 0 Å². The van der Waals surface area contributed by atoms with E-state index < -0.39 is 5.97 Å². The average Bonchev–Trinajstić information content (AvgIpc) is 3.44. The molecule has 1 aromatic heterocycles. The van der Waals surface area contributed by atoms with Crippen molar-refractivity contribution in [3.8, 4) is 16.9 Å². The molecular formula is C31H35NO4. The Morgan fingerprint density at radius 1 is 1.22 bits per heavy atom. The van der Waals surface area contributed by atoms with Crippen molar-refractivity contribution in [3.05, 3.63) is 88.7 Å². The maximum absolute atomic E-state index is 11.5. The van der Waals surface area contributed by atoms with Crippen molar-refractivity contribution in [2.24, 2.45) is 0 Å².